The number of benzene rings is 4. The van der Waals surface area contributed by atoms with Gasteiger partial charge >= 0.3 is 0 Å². The molecule has 0 aliphatic carbocycles. The van der Waals surface area contributed by atoms with E-state index < -0.39 is 10.0 Å². The lowest BCUT2D eigenvalue weighted by Crippen LogP contribution is -2.19. The molecule has 1 unspecified atom stereocenters. The van der Waals surface area contributed by atoms with E-state index in [-0.39, 0.29) is 10.9 Å². The van der Waals surface area contributed by atoms with Crippen LogP contribution in [0, 0.1) is 0 Å². The van der Waals surface area contributed by atoms with Crippen molar-refractivity contribution in [1.29, 1.82) is 0 Å². The number of nitrogens with two attached hydrogens (primary N) is 1. The quantitative estimate of drug-likeness (QED) is 0.342. The molecule has 1 atom stereocenters. The maximum Gasteiger partial charge on any atom is 0.238 e. The fourth-order valence-corrected chi connectivity index (χ4v) is 4.74. The molecule has 8 heteroatoms. The molecule has 5 rings (SSSR count). The summed E-state index contributed by atoms with van der Waals surface area (Å²) in [6.45, 7) is 0. The summed E-state index contributed by atoms with van der Waals surface area (Å²) < 4.78 is 29.3. The lowest BCUT2D eigenvalue weighted by molar-refractivity contribution is 0.482. The summed E-state index contributed by atoms with van der Waals surface area (Å²) in [5.74, 6) is 1.51. The Hall–Kier alpha value is -3.65. The van der Waals surface area contributed by atoms with E-state index in [1.54, 1.807) is 12.1 Å². The Morgan fingerprint density at radius 1 is 0.857 bits per heavy atom. The van der Waals surface area contributed by atoms with E-state index in [2.05, 4.69) is 0 Å². The van der Waals surface area contributed by atoms with Crippen LogP contribution in [0.3, 0.4) is 0 Å². The number of nitrogens with zero attached hydrogens (tertiary/aromatic N) is 2. The van der Waals surface area contributed by atoms with E-state index in [0.29, 0.717) is 11.4 Å². The Bertz CT molecular complexity index is 1470. The number of primary sulfonamides is 1. The van der Waals surface area contributed by atoms with Gasteiger partial charge in [-0.1, -0.05) is 41.9 Å². The third kappa shape index (κ3) is 5.22. The lowest BCUT2D eigenvalue weighted by atomic mass is 9.98. The Kier molecular flexibility index (Phi) is 6.30. The van der Waals surface area contributed by atoms with Crippen molar-refractivity contribution in [3.8, 4) is 11.5 Å². The summed E-state index contributed by atoms with van der Waals surface area (Å²) in [6, 6.07) is 31.4. The predicted molar refractivity (Wildman–Crippen MR) is 139 cm³/mol. The highest BCUT2D eigenvalue weighted by Gasteiger charge is 2.30. The molecule has 0 saturated heterocycles. The first kappa shape index (κ1) is 23.1. The van der Waals surface area contributed by atoms with Crippen molar-refractivity contribution >= 4 is 33.0 Å². The molecule has 1 aliphatic heterocycles. The Balaban J connectivity index is 1.46. The number of hydrogen-bond donors (Lipinski definition) is 1. The summed E-state index contributed by atoms with van der Waals surface area (Å²) in [4.78, 5) is 0.0537. The topological polar surface area (TPSA) is 85.0 Å². The van der Waals surface area contributed by atoms with Crippen LogP contribution in [0.25, 0.3) is 0 Å². The van der Waals surface area contributed by atoms with E-state index in [0.717, 1.165) is 34.0 Å². The van der Waals surface area contributed by atoms with Crippen LogP contribution in [0.1, 0.15) is 23.6 Å². The van der Waals surface area contributed by atoms with E-state index >= 15 is 0 Å². The van der Waals surface area contributed by atoms with Gasteiger partial charge in [0.05, 0.1) is 22.3 Å². The first-order valence-electron chi connectivity index (χ1n) is 11.0. The van der Waals surface area contributed by atoms with Gasteiger partial charge in [0, 0.05) is 11.4 Å². The molecule has 1 heterocycles. The van der Waals surface area contributed by atoms with E-state index in [1.165, 1.54) is 12.1 Å². The highest BCUT2D eigenvalue weighted by molar-refractivity contribution is 7.89. The van der Waals surface area contributed by atoms with Gasteiger partial charge < -0.3 is 4.74 Å². The largest absolute Gasteiger partial charge is 0.457 e. The summed E-state index contributed by atoms with van der Waals surface area (Å²) in [6.07, 6.45) is 0.649. The number of hydrogen-bond acceptors (Lipinski definition) is 5. The average Bonchev–Trinajstić information content (AvgIpc) is 3.30. The van der Waals surface area contributed by atoms with Gasteiger partial charge in [0.1, 0.15) is 11.5 Å². The van der Waals surface area contributed by atoms with Crippen LogP contribution in [0.5, 0.6) is 11.5 Å². The minimum Gasteiger partial charge on any atom is -0.457 e. The molecule has 0 bridgehead atoms. The number of hydrazone groups is 1. The maximum atomic E-state index is 11.7. The van der Waals surface area contributed by atoms with Crippen molar-refractivity contribution in [1.82, 2.24) is 0 Å². The van der Waals surface area contributed by atoms with Crippen molar-refractivity contribution in [2.45, 2.75) is 17.4 Å². The summed E-state index contributed by atoms with van der Waals surface area (Å²) >= 11 is 6.27. The molecular formula is C27H22ClN3O3S. The molecular weight excluding hydrogens is 482 g/mol. The molecule has 0 radical (unpaired) electrons. The van der Waals surface area contributed by atoms with E-state index in [1.807, 2.05) is 83.9 Å². The summed E-state index contributed by atoms with van der Waals surface area (Å²) in [5.41, 5.74) is 3.63. The normalized spacial score (nSPS) is 15.7. The van der Waals surface area contributed by atoms with Gasteiger partial charge in [-0.3, -0.25) is 5.01 Å². The maximum absolute atomic E-state index is 11.7. The molecule has 1 aliphatic rings. The van der Waals surface area contributed by atoms with E-state index in [4.69, 9.17) is 26.6 Å². The molecule has 4 aromatic carbocycles. The third-order valence-electron chi connectivity index (χ3n) is 5.74. The molecule has 0 spiro atoms. The summed E-state index contributed by atoms with van der Waals surface area (Å²) in [7, 11) is -3.78. The molecule has 4 aromatic rings. The first-order valence-corrected chi connectivity index (χ1v) is 12.9. The van der Waals surface area contributed by atoms with Gasteiger partial charge in [-0.2, -0.15) is 5.10 Å². The van der Waals surface area contributed by atoms with Crippen LogP contribution >= 0.6 is 11.6 Å². The van der Waals surface area contributed by atoms with Crippen LogP contribution in [0.15, 0.2) is 113 Å². The predicted octanol–water partition coefficient (Wildman–Crippen LogP) is 6.14. The van der Waals surface area contributed by atoms with Crippen LogP contribution in [-0.2, 0) is 10.0 Å². The van der Waals surface area contributed by atoms with Crippen LogP contribution in [-0.4, -0.2) is 14.1 Å². The van der Waals surface area contributed by atoms with Crippen molar-refractivity contribution in [2.24, 2.45) is 10.2 Å². The van der Waals surface area contributed by atoms with Crippen molar-refractivity contribution in [2.75, 3.05) is 5.01 Å². The molecule has 35 heavy (non-hydrogen) atoms. The number of ether oxygens (including phenoxy) is 1. The Morgan fingerprint density at radius 3 is 2.20 bits per heavy atom. The van der Waals surface area contributed by atoms with E-state index in [9.17, 15) is 8.42 Å². The molecule has 0 fully saturated rings. The highest BCUT2D eigenvalue weighted by Crippen LogP contribution is 2.38. The lowest BCUT2D eigenvalue weighted by Gasteiger charge is -2.24. The second-order valence-electron chi connectivity index (χ2n) is 8.14. The number of halogens is 1. The van der Waals surface area contributed by atoms with Gasteiger partial charge in [0.15, 0.2) is 0 Å². The molecule has 0 amide bonds. The van der Waals surface area contributed by atoms with Gasteiger partial charge in [0.25, 0.3) is 0 Å². The zero-order chi connectivity index (χ0) is 24.4. The average molecular weight is 504 g/mol. The number of sulfonamides is 1. The van der Waals surface area contributed by atoms with Gasteiger partial charge in [-0.15, -0.1) is 0 Å². The monoisotopic (exact) mass is 503 g/mol. The fourth-order valence-electron chi connectivity index (χ4n) is 4.02. The summed E-state index contributed by atoms with van der Waals surface area (Å²) in [5, 5.41) is 12.7. The number of rotatable bonds is 6. The van der Waals surface area contributed by atoms with Crippen molar-refractivity contribution < 1.29 is 13.2 Å². The Labute approximate surface area is 209 Å². The fraction of sp³-hybridized carbons (Fsp3) is 0.0741. The standard InChI is InChI=1S/C27H22ClN3O3S/c28-21-6-4-5-20(17-21)27-18-26(30-31(27)22-11-15-25(16-12-22)35(29,32)33)19-9-13-24(14-10-19)34-23-7-2-1-3-8-23/h1-17,27H,18H2,(H2,29,32,33). The number of anilines is 1. The van der Waals surface area contributed by atoms with Crippen LogP contribution in [0.2, 0.25) is 5.02 Å². The van der Waals surface area contributed by atoms with Crippen LogP contribution in [0.4, 0.5) is 5.69 Å². The minimum absolute atomic E-state index is 0.0537. The van der Waals surface area contributed by atoms with Gasteiger partial charge in [-0.25, -0.2) is 13.6 Å². The second-order valence-corrected chi connectivity index (χ2v) is 10.1. The molecule has 2 N–H and O–H groups in total. The van der Waals surface area contributed by atoms with Crippen molar-refractivity contribution in [3.05, 3.63) is 119 Å². The first-order chi connectivity index (χ1) is 16.9. The molecule has 6 nitrogen and oxygen atoms in total. The van der Waals surface area contributed by atoms with Gasteiger partial charge in [-0.05, 0) is 83.9 Å². The zero-order valence-corrected chi connectivity index (χ0v) is 20.2. The minimum atomic E-state index is -3.78. The smallest absolute Gasteiger partial charge is 0.238 e. The molecule has 0 aromatic heterocycles. The SMILES string of the molecule is NS(=O)(=O)c1ccc(N2N=C(c3ccc(Oc4ccccc4)cc3)CC2c2cccc(Cl)c2)cc1. The number of para-hydroxylation sites is 1. The van der Waals surface area contributed by atoms with Crippen molar-refractivity contribution in [3.63, 3.8) is 0 Å². The van der Waals surface area contributed by atoms with Crippen LogP contribution < -0.4 is 14.9 Å². The molecule has 0 saturated carbocycles. The second kappa shape index (κ2) is 9.54. The zero-order valence-electron chi connectivity index (χ0n) is 18.6. The third-order valence-corrected chi connectivity index (χ3v) is 6.90. The highest BCUT2D eigenvalue weighted by atomic mass is 35.5. The Morgan fingerprint density at radius 2 is 1.54 bits per heavy atom. The van der Waals surface area contributed by atoms with Gasteiger partial charge in [0.2, 0.25) is 10.0 Å². The molecule has 176 valence electrons.